The molecule has 10 rings (SSSR count). The summed E-state index contributed by atoms with van der Waals surface area (Å²) in [6.07, 6.45) is 12.1. The van der Waals surface area contributed by atoms with Crippen molar-refractivity contribution in [2.45, 2.75) is 30.5 Å². The number of allylic oxidation sites excluding steroid dienone is 2. The summed E-state index contributed by atoms with van der Waals surface area (Å²) in [6.45, 7) is 4.57. The van der Waals surface area contributed by atoms with Crippen molar-refractivity contribution >= 4 is 27.5 Å². The number of para-hydroxylation sites is 4. The first-order chi connectivity index (χ1) is 25.6. The second kappa shape index (κ2) is 12.4. The van der Waals surface area contributed by atoms with E-state index in [9.17, 15) is 0 Å². The molecule has 4 aliphatic rings. The molecule has 6 aromatic rings. The molecule has 5 atom stereocenters. The van der Waals surface area contributed by atoms with Gasteiger partial charge in [0.25, 0.3) is 0 Å². The number of furan rings is 1. The third-order valence-corrected chi connectivity index (χ3v) is 10.9. The zero-order chi connectivity index (χ0) is 34.8. The first kappa shape index (κ1) is 30.9. The Morgan fingerprint density at radius 1 is 0.731 bits per heavy atom. The lowest BCUT2D eigenvalue weighted by molar-refractivity contribution is 0.0746. The first-order valence-electron chi connectivity index (χ1n) is 17.8. The van der Waals surface area contributed by atoms with Gasteiger partial charge < -0.3 is 13.9 Å². The Morgan fingerprint density at radius 2 is 1.48 bits per heavy atom. The maximum Gasteiger partial charge on any atom is 0.143 e. The maximum absolute atomic E-state index is 6.80. The van der Waals surface area contributed by atoms with Gasteiger partial charge in [-0.2, -0.15) is 0 Å². The van der Waals surface area contributed by atoms with Crippen LogP contribution in [0.15, 0.2) is 174 Å². The van der Waals surface area contributed by atoms with Gasteiger partial charge >= 0.3 is 0 Å². The van der Waals surface area contributed by atoms with Crippen LogP contribution in [0.2, 0.25) is 0 Å². The molecule has 6 nitrogen and oxygen atoms in total. The highest BCUT2D eigenvalue weighted by atomic mass is 16.5. The highest BCUT2D eigenvalue weighted by Crippen LogP contribution is 2.49. The van der Waals surface area contributed by atoms with Crippen LogP contribution in [-0.4, -0.2) is 30.4 Å². The minimum Gasteiger partial charge on any atom is -0.484 e. The Bertz CT molecular complexity index is 2510. The van der Waals surface area contributed by atoms with E-state index in [1.54, 1.807) is 6.26 Å². The number of benzene rings is 5. The molecule has 1 fully saturated rings. The lowest BCUT2D eigenvalue weighted by Gasteiger charge is -2.47. The number of fused-ring (bicyclic) bond motifs is 7. The lowest BCUT2D eigenvalue weighted by Crippen LogP contribution is -2.64. The fourth-order valence-electron chi connectivity index (χ4n) is 8.33. The van der Waals surface area contributed by atoms with Gasteiger partial charge in [0.1, 0.15) is 28.8 Å². The number of nitrogens with one attached hydrogen (secondary N) is 2. The van der Waals surface area contributed by atoms with Gasteiger partial charge in [-0.15, -0.1) is 0 Å². The minimum absolute atomic E-state index is 0.0612. The van der Waals surface area contributed by atoms with Crippen LogP contribution < -0.4 is 20.1 Å². The summed E-state index contributed by atoms with van der Waals surface area (Å²) >= 11 is 0. The van der Waals surface area contributed by atoms with Gasteiger partial charge in [-0.05, 0) is 53.6 Å². The van der Waals surface area contributed by atoms with Crippen molar-refractivity contribution < 1.29 is 13.9 Å². The second-order valence-corrected chi connectivity index (χ2v) is 13.8. The molecule has 52 heavy (non-hydrogen) atoms. The quantitative estimate of drug-likeness (QED) is 0.194. The molecule has 0 saturated carbocycles. The summed E-state index contributed by atoms with van der Waals surface area (Å²) in [5.74, 6) is 1.77. The van der Waals surface area contributed by atoms with Crippen molar-refractivity contribution in [2.24, 2.45) is 0 Å². The normalized spacial score (nSPS) is 25.5. The lowest BCUT2D eigenvalue weighted by atomic mass is 9.86. The van der Waals surface area contributed by atoms with E-state index in [4.69, 9.17) is 13.9 Å². The SMILES string of the molecule is C=C1/C(C2NC(C3=CC4c5cccc(-c6cccc7c6oc6ccccc67)c5OC4C=C3)N(C)C(c3ccccc3)N2)=C\C=C/Oc2ccccc21. The molecule has 0 spiro atoms. The molecule has 6 heteroatoms. The summed E-state index contributed by atoms with van der Waals surface area (Å²) in [5.41, 5.74) is 10.4. The van der Waals surface area contributed by atoms with Crippen LogP contribution >= 0.6 is 0 Å². The van der Waals surface area contributed by atoms with E-state index in [0.29, 0.717) is 0 Å². The molecule has 5 aromatic carbocycles. The van der Waals surface area contributed by atoms with Crippen molar-refractivity contribution in [1.82, 2.24) is 15.5 Å². The molecular formula is C46H37N3O3. The van der Waals surface area contributed by atoms with Gasteiger partial charge in [-0.25, -0.2) is 0 Å². The summed E-state index contributed by atoms with van der Waals surface area (Å²) in [7, 11) is 2.18. The van der Waals surface area contributed by atoms with Gasteiger partial charge in [0.2, 0.25) is 0 Å². The number of hydrogen-bond acceptors (Lipinski definition) is 6. The average Bonchev–Trinajstić information content (AvgIpc) is 3.76. The highest BCUT2D eigenvalue weighted by Gasteiger charge is 2.41. The van der Waals surface area contributed by atoms with Crippen LogP contribution in [0.5, 0.6) is 11.5 Å². The molecule has 1 saturated heterocycles. The molecule has 3 aliphatic heterocycles. The van der Waals surface area contributed by atoms with E-state index in [1.165, 1.54) is 16.7 Å². The number of nitrogens with zero attached hydrogens (tertiary/aromatic N) is 1. The number of rotatable bonds is 4. The van der Waals surface area contributed by atoms with Crippen molar-refractivity contribution in [3.05, 3.63) is 186 Å². The van der Waals surface area contributed by atoms with Gasteiger partial charge in [-0.1, -0.05) is 128 Å². The molecule has 0 radical (unpaired) electrons. The van der Waals surface area contributed by atoms with Crippen molar-refractivity contribution in [3.63, 3.8) is 0 Å². The van der Waals surface area contributed by atoms with Crippen LogP contribution in [0.3, 0.4) is 0 Å². The zero-order valence-corrected chi connectivity index (χ0v) is 28.7. The third-order valence-electron chi connectivity index (χ3n) is 10.9. The van der Waals surface area contributed by atoms with E-state index >= 15 is 0 Å². The van der Waals surface area contributed by atoms with Crippen molar-refractivity contribution in [1.29, 1.82) is 0 Å². The summed E-state index contributed by atoms with van der Waals surface area (Å²) < 4.78 is 19.2. The summed E-state index contributed by atoms with van der Waals surface area (Å²) in [6, 6.07) is 39.8. The smallest absolute Gasteiger partial charge is 0.143 e. The fourth-order valence-corrected chi connectivity index (χ4v) is 8.33. The Morgan fingerprint density at radius 3 is 2.40 bits per heavy atom. The van der Waals surface area contributed by atoms with Gasteiger partial charge in [0.15, 0.2) is 0 Å². The first-order valence-corrected chi connectivity index (χ1v) is 17.8. The van der Waals surface area contributed by atoms with Gasteiger partial charge in [0, 0.05) is 38.9 Å². The van der Waals surface area contributed by atoms with E-state index < -0.39 is 0 Å². The van der Waals surface area contributed by atoms with E-state index in [0.717, 1.165) is 61.3 Å². The van der Waals surface area contributed by atoms with Gasteiger partial charge in [0.05, 0.1) is 24.8 Å². The average molecular weight is 680 g/mol. The van der Waals surface area contributed by atoms with Crippen LogP contribution in [0.1, 0.15) is 28.8 Å². The Balaban J connectivity index is 1.03. The number of ether oxygens (including phenoxy) is 2. The fraction of sp³-hybridized carbons (Fsp3) is 0.130. The van der Waals surface area contributed by atoms with E-state index in [2.05, 4.69) is 138 Å². The van der Waals surface area contributed by atoms with E-state index in [-0.39, 0.29) is 30.5 Å². The maximum atomic E-state index is 6.80. The molecule has 0 bridgehead atoms. The number of likely N-dealkylation sites (N-methyl/N-ethyl adjacent to an activating group) is 1. The molecular weight excluding hydrogens is 643 g/mol. The number of hydrogen-bond donors (Lipinski definition) is 2. The highest BCUT2D eigenvalue weighted by molar-refractivity contribution is 6.10. The molecule has 0 amide bonds. The van der Waals surface area contributed by atoms with Crippen molar-refractivity contribution in [3.8, 4) is 22.6 Å². The summed E-state index contributed by atoms with van der Waals surface area (Å²) in [5, 5.41) is 10.1. The molecule has 254 valence electrons. The summed E-state index contributed by atoms with van der Waals surface area (Å²) in [4.78, 5) is 2.37. The second-order valence-electron chi connectivity index (χ2n) is 13.8. The third kappa shape index (κ3) is 4.99. The topological polar surface area (TPSA) is 58.9 Å². The van der Waals surface area contributed by atoms with E-state index in [1.807, 2.05) is 36.4 Å². The zero-order valence-electron chi connectivity index (χ0n) is 28.7. The monoisotopic (exact) mass is 679 g/mol. The predicted molar refractivity (Wildman–Crippen MR) is 208 cm³/mol. The Hall–Kier alpha value is -5.92. The molecule has 4 heterocycles. The molecule has 1 aliphatic carbocycles. The minimum atomic E-state index is -0.204. The molecule has 1 aromatic heterocycles. The molecule has 5 unspecified atom stereocenters. The Labute approximate surface area is 302 Å². The van der Waals surface area contributed by atoms with Crippen LogP contribution in [0.25, 0.3) is 38.6 Å². The van der Waals surface area contributed by atoms with Crippen LogP contribution in [0.4, 0.5) is 0 Å². The van der Waals surface area contributed by atoms with Crippen LogP contribution in [0, 0.1) is 0 Å². The Kier molecular flexibility index (Phi) is 7.35. The van der Waals surface area contributed by atoms with Crippen molar-refractivity contribution in [2.75, 3.05) is 7.05 Å². The van der Waals surface area contributed by atoms with Gasteiger partial charge in [-0.3, -0.25) is 15.5 Å². The molecule has 2 N–H and O–H groups in total. The predicted octanol–water partition coefficient (Wildman–Crippen LogP) is 9.62. The largest absolute Gasteiger partial charge is 0.484 e. The van der Waals surface area contributed by atoms with Crippen LogP contribution in [-0.2, 0) is 0 Å². The standard InChI is InChI=1S/C46H37N3O3/c1-28-31-15-6-8-22-39(31)50-26-12-21-32(28)44-47-45(29-13-4-3-5-14-29)49(2)46(48-44)30-24-25-41-38(27-30)37-20-11-19-36(43(37)52-41)35-18-10-17-34-33-16-7-9-23-40(33)51-42(34)35/h3-27,38,41,44-48H,1H2,2H3/b26-12-,32-21+.